The van der Waals surface area contributed by atoms with Crippen LogP contribution in [0, 0.1) is 6.92 Å². The number of allylic oxidation sites excluding steroid dienone is 1. The largest absolute Gasteiger partial charge is 0.493 e. The number of hydrogen-bond acceptors (Lipinski definition) is 8. The molecule has 9 heteroatoms. The van der Waals surface area contributed by atoms with Crippen LogP contribution < -0.4 is 14.2 Å². The summed E-state index contributed by atoms with van der Waals surface area (Å²) in [7, 11) is 1.58. The minimum Gasteiger partial charge on any atom is -0.493 e. The van der Waals surface area contributed by atoms with Crippen molar-refractivity contribution < 1.29 is 27.8 Å². The third-order valence-corrected chi connectivity index (χ3v) is 5.82. The molecule has 0 amide bonds. The minimum absolute atomic E-state index is 0.0632. The van der Waals surface area contributed by atoms with Gasteiger partial charge >= 0.3 is 0 Å². The van der Waals surface area contributed by atoms with Gasteiger partial charge in [-0.15, -0.1) is 5.10 Å². The zero-order chi connectivity index (χ0) is 27.2. The number of para-hydroxylation sites is 1. The summed E-state index contributed by atoms with van der Waals surface area (Å²) in [5.74, 6) is 3.06. The van der Waals surface area contributed by atoms with Gasteiger partial charge in [0.25, 0.3) is 5.89 Å². The molecule has 0 saturated heterocycles. The highest BCUT2D eigenvalue weighted by atomic mass is 16.5. The van der Waals surface area contributed by atoms with Gasteiger partial charge in [-0.3, -0.25) is 4.79 Å². The zero-order valence-electron chi connectivity index (χ0n) is 21.8. The lowest BCUT2D eigenvalue weighted by Gasteiger charge is -2.12. The van der Waals surface area contributed by atoms with E-state index in [1.165, 1.54) is 13.0 Å². The Morgan fingerprint density at radius 3 is 2.62 bits per heavy atom. The maximum absolute atomic E-state index is 11.5. The fourth-order valence-electron chi connectivity index (χ4n) is 3.80. The number of carbonyl (C=O) groups is 1. The molecule has 0 atom stereocenters. The topological polar surface area (TPSA) is 102 Å². The van der Waals surface area contributed by atoms with Gasteiger partial charge in [-0.2, -0.15) is 0 Å². The van der Waals surface area contributed by atoms with Gasteiger partial charge in [0.1, 0.15) is 24.7 Å². The van der Waals surface area contributed by atoms with Crippen molar-refractivity contribution in [2.75, 3.05) is 7.11 Å². The second-order valence-corrected chi connectivity index (χ2v) is 8.68. The second kappa shape index (κ2) is 11.6. The number of nitrogens with zero attached hydrogens (tertiary/aromatic N) is 3. The van der Waals surface area contributed by atoms with Gasteiger partial charge in [-0.25, -0.2) is 9.67 Å². The van der Waals surface area contributed by atoms with Gasteiger partial charge < -0.3 is 23.0 Å². The number of carbonyl (C=O) groups excluding carboxylic acids is 1. The number of ether oxygens (including phenoxy) is 3. The maximum Gasteiger partial charge on any atom is 0.263 e. The second-order valence-electron chi connectivity index (χ2n) is 8.68. The molecule has 0 aliphatic rings. The van der Waals surface area contributed by atoms with E-state index in [-0.39, 0.29) is 19.0 Å². The predicted molar refractivity (Wildman–Crippen MR) is 144 cm³/mol. The molecule has 5 rings (SSSR count). The van der Waals surface area contributed by atoms with Crippen molar-refractivity contribution in [3.8, 4) is 34.7 Å². The number of furan rings is 1. The Labute approximate surface area is 225 Å². The molecule has 3 heterocycles. The van der Waals surface area contributed by atoms with Gasteiger partial charge in [0.2, 0.25) is 5.88 Å². The molecule has 39 heavy (non-hydrogen) atoms. The van der Waals surface area contributed by atoms with E-state index in [1.807, 2.05) is 61.7 Å². The number of ketones is 1. The Morgan fingerprint density at radius 1 is 1.03 bits per heavy atom. The molecular weight excluding hydrogens is 498 g/mol. The van der Waals surface area contributed by atoms with Crippen molar-refractivity contribution >= 4 is 11.9 Å². The summed E-state index contributed by atoms with van der Waals surface area (Å²) < 4.78 is 30.4. The third kappa shape index (κ3) is 6.10. The van der Waals surface area contributed by atoms with E-state index in [9.17, 15) is 4.79 Å². The number of benzene rings is 2. The van der Waals surface area contributed by atoms with Crippen LogP contribution in [-0.2, 0) is 18.0 Å². The summed E-state index contributed by atoms with van der Waals surface area (Å²) >= 11 is 0. The quantitative estimate of drug-likeness (QED) is 0.188. The molecule has 0 saturated carbocycles. The van der Waals surface area contributed by atoms with E-state index in [1.54, 1.807) is 36.3 Å². The average molecular weight is 526 g/mol. The minimum atomic E-state index is -0.0632. The summed E-state index contributed by atoms with van der Waals surface area (Å²) in [5.41, 5.74) is 3.09. The Hall–Kier alpha value is -5.05. The molecule has 0 unspecified atom stereocenters. The van der Waals surface area contributed by atoms with Crippen LogP contribution in [-0.4, -0.2) is 27.7 Å². The smallest absolute Gasteiger partial charge is 0.263 e. The predicted octanol–water partition coefficient (Wildman–Crippen LogP) is 6.20. The van der Waals surface area contributed by atoms with Gasteiger partial charge in [-0.05, 0) is 68.0 Å². The Kier molecular flexibility index (Phi) is 7.58. The van der Waals surface area contributed by atoms with Crippen molar-refractivity contribution in [1.82, 2.24) is 14.8 Å². The summed E-state index contributed by atoms with van der Waals surface area (Å²) in [5, 5.41) is 4.58. The Balaban J connectivity index is 1.29. The molecule has 5 aromatic rings. The molecule has 0 N–H and O–H groups in total. The van der Waals surface area contributed by atoms with Crippen LogP contribution in [0.5, 0.6) is 17.4 Å². The van der Waals surface area contributed by atoms with E-state index < -0.39 is 0 Å². The number of methoxy groups -OCH3 is 1. The zero-order valence-corrected chi connectivity index (χ0v) is 21.8. The van der Waals surface area contributed by atoms with E-state index >= 15 is 0 Å². The average Bonchev–Trinajstić information content (AvgIpc) is 3.70. The van der Waals surface area contributed by atoms with Crippen LogP contribution in [0.1, 0.15) is 29.5 Å². The fourth-order valence-corrected chi connectivity index (χ4v) is 3.80. The Morgan fingerprint density at radius 2 is 1.87 bits per heavy atom. The van der Waals surface area contributed by atoms with E-state index in [4.69, 9.17) is 23.0 Å². The van der Waals surface area contributed by atoms with Gasteiger partial charge in [-0.1, -0.05) is 24.3 Å². The van der Waals surface area contributed by atoms with Crippen molar-refractivity contribution in [2.45, 2.75) is 27.1 Å². The van der Waals surface area contributed by atoms with Crippen LogP contribution >= 0.6 is 0 Å². The van der Waals surface area contributed by atoms with Crippen molar-refractivity contribution in [3.63, 3.8) is 0 Å². The highest BCUT2D eigenvalue weighted by Crippen LogP contribution is 2.31. The molecule has 2 aromatic carbocycles. The molecule has 0 aliphatic heterocycles. The first kappa shape index (κ1) is 25.6. The fraction of sp³-hybridized carbons (Fsp3) is 0.167. The van der Waals surface area contributed by atoms with Crippen LogP contribution in [0.3, 0.4) is 0 Å². The molecule has 0 spiro atoms. The normalized spacial score (nSPS) is 11.2. The lowest BCUT2D eigenvalue weighted by atomic mass is 10.2. The maximum atomic E-state index is 11.5. The molecule has 3 aromatic heterocycles. The molecular formula is C30H27N3O6. The first-order chi connectivity index (χ1) is 19.0. The standard InChI is InChI=1S/C30H27N3O6/c1-20(34)11-13-23-17-33(24-8-5-4-6-9-24)32-29(23)38-18-22-12-14-26(28(16-22)35-3)37-19-25-21(2)39-30(31-25)27-10-7-15-36-27/h4-17H,18-19H2,1-3H3. The molecule has 0 fully saturated rings. The van der Waals surface area contributed by atoms with Crippen molar-refractivity contribution in [3.05, 3.63) is 102 Å². The number of hydrogen-bond donors (Lipinski definition) is 0. The van der Waals surface area contributed by atoms with E-state index in [0.717, 1.165) is 11.3 Å². The van der Waals surface area contributed by atoms with Crippen molar-refractivity contribution in [1.29, 1.82) is 0 Å². The molecule has 198 valence electrons. The van der Waals surface area contributed by atoms with E-state index in [0.29, 0.717) is 46.0 Å². The van der Waals surface area contributed by atoms with Gasteiger partial charge in [0.15, 0.2) is 23.0 Å². The number of aromatic nitrogens is 3. The summed E-state index contributed by atoms with van der Waals surface area (Å²) in [4.78, 5) is 16.0. The van der Waals surface area contributed by atoms with E-state index in [2.05, 4.69) is 10.1 Å². The third-order valence-electron chi connectivity index (χ3n) is 5.82. The molecule has 0 aliphatic carbocycles. The van der Waals surface area contributed by atoms with Crippen LogP contribution in [0.4, 0.5) is 0 Å². The van der Waals surface area contributed by atoms with Crippen LogP contribution in [0.25, 0.3) is 23.4 Å². The number of oxazole rings is 1. The highest BCUT2D eigenvalue weighted by molar-refractivity contribution is 5.91. The Bertz CT molecular complexity index is 1580. The molecule has 0 radical (unpaired) electrons. The SMILES string of the molecule is COc1cc(COc2nn(-c3ccccc3)cc2C=CC(C)=O)ccc1OCc1nc(-c2ccco2)oc1C. The monoisotopic (exact) mass is 525 g/mol. The summed E-state index contributed by atoms with van der Waals surface area (Å²) in [6, 6.07) is 18.8. The van der Waals surface area contributed by atoms with Gasteiger partial charge in [0, 0.05) is 6.20 Å². The summed E-state index contributed by atoms with van der Waals surface area (Å²) in [6.45, 7) is 3.76. The summed E-state index contributed by atoms with van der Waals surface area (Å²) in [6.07, 6.45) is 6.58. The number of rotatable bonds is 11. The highest BCUT2D eigenvalue weighted by Gasteiger charge is 2.16. The van der Waals surface area contributed by atoms with Gasteiger partial charge in [0.05, 0.1) is 24.6 Å². The lowest BCUT2D eigenvalue weighted by Crippen LogP contribution is -2.02. The number of aryl methyl sites for hydroxylation is 1. The van der Waals surface area contributed by atoms with Crippen LogP contribution in [0.15, 0.2) is 88.0 Å². The molecule has 9 nitrogen and oxygen atoms in total. The lowest BCUT2D eigenvalue weighted by molar-refractivity contribution is -0.112. The van der Waals surface area contributed by atoms with Crippen LogP contribution in [0.2, 0.25) is 0 Å². The first-order valence-electron chi connectivity index (χ1n) is 12.3. The van der Waals surface area contributed by atoms with Crippen molar-refractivity contribution in [2.24, 2.45) is 0 Å². The first-order valence-corrected chi connectivity index (χ1v) is 12.3. The molecule has 0 bridgehead atoms.